The van der Waals surface area contributed by atoms with Crippen molar-refractivity contribution in [3.05, 3.63) is 75.2 Å². The molecule has 2 N–H and O–H groups in total. The van der Waals surface area contributed by atoms with Gasteiger partial charge >= 0.3 is 5.69 Å². The Labute approximate surface area is 133 Å². The van der Waals surface area contributed by atoms with Crippen LogP contribution >= 0.6 is 0 Å². The highest BCUT2D eigenvalue weighted by atomic mass is 32.2. The van der Waals surface area contributed by atoms with Crippen molar-refractivity contribution in [2.45, 2.75) is 13.0 Å². The van der Waals surface area contributed by atoms with Crippen molar-refractivity contribution in [1.82, 2.24) is 14.3 Å². The van der Waals surface area contributed by atoms with Gasteiger partial charge in [-0.1, -0.05) is 30.3 Å². The van der Waals surface area contributed by atoms with E-state index in [2.05, 4.69) is 9.71 Å². The maximum atomic E-state index is 11.8. The molecule has 0 saturated heterocycles. The predicted octanol–water partition coefficient (Wildman–Crippen LogP) is 0.517. The fourth-order valence-electron chi connectivity index (χ4n) is 1.90. The van der Waals surface area contributed by atoms with Gasteiger partial charge in [-0.2, -0.15) is 0 Å². The van der Waals surface area contributed by atoms with E-state index in [0.29, 0.717) is 0 Å². The third kappa shape index (κ3) is 5.59. The molecule has 0 aliphatic heterocycles. The highest BCUT2D eigenvalue weighted by Gasteiger charge is 2.07. The lowest BCUT2D eigenvalue weighted by Gasteiger charge is -2.05. The van der Waals surface area contributed by atoms with Crippen LogP contribution in [0.4, 0.5) is 0 Å². The number of aromatic amines is 1. The number of nitrogens with zero attached hydrogens (tertiary/aromatic N) is 1. The van der Waals surface area contributed by atoms with Gasteiger partial charge in [0.15, 0.2) is 0 Å². The summed E-state index contributed by atoms with van der Waals surface area (Å²) in [6.07, 6.45) is 4.62. The van der Waals surface area contributed by atoms with Gasteiger partial charge in [-0.15, -0.1) is 0 Å². The zero-order valence-electron chi connectivity index (χ0n) is 12.3. The third-order valence-corrected chi connectivity index (χ3v) is 4.35. The number of nitrogens with one attached hydrogen (secondary N) is 2. The zero-order chi connectivity index (χ0) is 16.7. The maximum absolute atomic E-state index is 11.8. The van der Waals surface area contributed by atoms with Crippen molar-refractivity contribution in [3.63, 3.8) is 0 Å². The van der Waals surface area contributed by atoms with Crippen LogP contribution in [0.15, 0.2) is 58.4 Å². The minimum atomic E-state index is -3.47. The summed E-state index contributed by atoms with van der Waals surface area (Å²) in [5.74, 6) is -0.127. The highest BCUT2D eigenvalue weighted by molar-refractivity contribution is 7.89. The predicted molar refractivity (Wildman–Crippen MR) is 88.3 cm³/mol. The molecule has 2 aromatic rings. The molecule has 8 heteroatoms. The summed E-state index contributed by atoms with van der Waals surface area (Å²) in [5, 5.41) is 0. The van der Waals surface area contributed by atoms with Gasteiger partial charge in [0.25, 0.3) is 5.56 Å². The minimum absolute atomic E-state index is 0.127. The van der Waals surface area contributed by atoms with Crippen LogP contribution in [0, 0.1) is 0 Å². The molecule has 0 aliphatic rings. The summed E-state index contributed by atoms with van der Waals surface area (Å²) in [4.78, 5) is 24.5. The summed E-state index contributed by atoms with van der Waals surface area (Å²) >= 11 is 0. The van der Waals surface area contributed by atoms with E-state index < -0.39 is 21.3 Å². The van der Waals surface area contributed by atoms with Gasteiger partial charge in [0.1, 0.15) is 0 Å². The molecule has 0 spiro atoms. The van der Waals surface area contributed by atoms with E-state index in [1.165, 1.54) is 23.0 Å². The molecule has 0 bridgehead atoms. The van der Waals surface area contributed by atoms with Gasteiger partial charge in [-0.3, -0.25) is 14.5 Å². The molecule has 0 amide bonds. The molecule has 0 saturated carbocycles. The first-order chi connectivity index (χ1) is 11.0. The molecule has 0 radical (unpaired) electrons. The van der Waals surface area contributed by atoms with E-state index >= 15 is 0 Å². The fourth-order valence-corrected chi connectivity index (χ4v) is 2.80. The van der Waals surface area contributed by atoms with E-state index in [1.54, 1.807) is 6.08 Å². The molecule has 0 unspecified atom stereocenters. The second-order valence-electron chi connectivity index (χ2n) is 4.84. The van der Waals surface area contributed by atoms with Crippen molar-refractivity contribution in [2.24, 2.45) is 0 Å². The molecule has 2 rings (SSSR count). The number of sulfonamides is 1. The maximum Gasteiger partial charge on any atom is 0.328 e. The Morgan fingerprint density at radius 2 is 1.87 bits per heavy atom. The Balaban J connectivity index is 1.85. The van der Waals surface area contributed by atoms with E-state index in [0.717, 1.165) is 5.56 Å². The topological polar surface area (TPSA) is 101 Å². The number of aromatic nitrogens is 2. The molecule has 23 heavy (non-hydrogen) atoms. The Kier molecular flexibility index (Phi) is 5.53. The first-order valence-electron chi connectivity index (χ1n) is 6.98. The molecular formula is C15H17N3O4S. The van der Waals surface area contributed by atoms with Crippen LogP contribution in [-0.4, -0.2) is 23.7 Å². The fraction of sp³-hybridized carbons (Fsp3) is 0.200. The Bertz CT molecular complexity index is 883. The van der Waals surface area contributed by atoms with E-state index in [1.807, 2.05) is 30.3 Å². The molecular weight excluding hydrogens is 318 g/mol. The van der Waals surface area contributed by atoms with Gasteiger partial charge in [0, 0.05) is 25.0 Å². The van der Waals surface area contributed by atoms with Crippen molar-refractivity contribution >= 4 is 16.1 Å². The summed E-state index contributed by atoms with van der Waals surface area (Å²) in [6, 6.07) is 10.5. The van der Waals surface area contributed by atoms with Crippen LogP contribution in [0.1, 0.15) is 12.0 Å². The molecule has 0 aliphatic carbocycles. The lowest BCUT2D eigenvalue weighted by Crippen LogP contribution is -2.29. The lowest BCUT2D eigenvalue weighted by molar-refractivity contribution is 0.576. The third-order valence-electron chi connectivity index (χ3n) is 3.03. The van der Waals surface area contributed by atoms with Crippen LogP contribution in [0.3, 0.4) is 0 Å². The quantitative estimate of drug-likeness (QED) is 0.770. The summed E-state index contributed by atoms with van der Waals surface area (Å²) in [6.45, 7) is 0.207. The second kappa shape index (κ2) is 7.59. The standard InChI is InChI=1S/C15H17N3O4S/c19-14-8-11-18(15(20)17-14)10-4-12-23(21,22)16-9-7-13-5-2-1-3-6-13/h1-3,5-9,11,16H,4,10,12H2,(H,17,19,20). The van der Waals surface area contributed by atoms with E-state index in [4.69, 9.17) is 0 Å². The summed E-state index contributed by atoms with van der Waals surface area (Å²) < 4.78 is 27.3. The highest BCUT2D eigenvalue weighted by Crippen LogP contribution is 2.00. The van der Waals surface area contributed by atoms with Crippen molar-refractivity contribution in [3.8, 4) is 0 Å². The van der Waals surface area contributed by atoms with Gasteiger partial charge < -0.3 is 4.57 Å². The van der Waals surface area contributed by atoms with Gasteiger partial charge in [0.2, 0.25) is 10.0 Å². The Morgan fingerprint density at radius 1 is 1.13 bits per heavy atom. The number of hydrogen-bond donors (Lipinski definition) is 2. The zero-order valence-corrected chi connectivity index (χ0v) is 13.1. The largest absolute Gasteiger partial charge is 0.328 e. The van der Waals surface area contributed by atoms with E-state index in [-0.39, 0.29) is 18.7 Å². The SMILES string of the molecule is O=c1ccn(CCCS(=O)(=O)NC=Cc2ccccc2)c(=O)[nH]1. The molecule has 0 atom stereocenters. The number of hydrogen-bond acceptors (Lipinski definition) is 4. The van der Waals surface area contributed by atoms with Crippen molar-refractivity contribution in [2.75, 3.05) is 5.75 Å². The molecule has 0 fully saturated rings. The Hall–Kier alpha value is -2.61. The van der Waals surface area contributed by atoms with Crippen LogP contribution < -0.4 is 16.0 Å². The first kappa shape index (κ1) is 16.8. The van der Waals surface area contributed by atoms with Crippen LogP contribution in [0.25, 0.3) is 6.08 Å². The average Bonchev–Trinajstić information content (AvgIpc) is 2.50. The number of aryl methyl sites for hydroxylation is 1. The molecule has 1 aromatic carbocycles. The van der Waals surface area contributed by atoms with Gasteiger partial charge in [0.05, 0.1) is 5.75 Å². The summed E-state index contributed by atoms with van der Waals surface area (Å²) in [5.41, 5.74) is -0.145. The Morgan fingerprint density at radius 3 is 2.57 bits per heavy atom. The minimum Gasteiger partial charge on any atom is -0.301 e. The van der Waals surface area contributed by atoms with Gasteiger partial charge in [-0.25, -0.2) is 13.2 Å². The molecule has 7 nitrogen and oxygen atoms in total. The monoisotopic (exact) mass is 335 g/mol. The second-order valence-corrected chi connectivity index (χ2v) is 6.71. The van der Waals surface area contributed by atoms with Crippen LogP contribution in [0.5, 0.6) is 0 Å². The average molecular weight is 335 g/mol. The molecule has 122 valence electrons. The smallest absolute Gasteiger partial charge is 0.301 e. The van der Waals surface area contributed by atoms with Crippen LogP contribution in [-0.2, 0) is 16.6 Å². The number of H-pyrrole nitrogens is 1. The van der Waals surface area contributed by atoms with Crippen molar-refractivity contribution in [1.29, 1.82) is 0 Å². The normalized spacial score (nSPS) is 11.7. The molecule has 1 heterocycles. The lowest BCUT2D eigenvalue weighted by atomic mass is 10.2. The summed E-state index contributed by atoms with van der Waals surface area (Å²) in [7, 11) is -3.47. The van der Waals surface area contributed by atoms with Crippen LogP contribution in [0.2, 0.25) is 0 Å². The first-order valence-corrected chi connectivity index (χ1v) is 8.63. The van der Waals surface area contributed by atoms with Crippen molar-refractivity contribution < 1.29 is 8.42 Å². The molecule has 1 aromatic heterocycles. The number of benzene rings is 1. The van der Waals surface area contributed by atoms with E-state index in [9.17, 15) is 18.0 Å². The number of rotatable bonds is 7. The van der Waals surface area contributed by atoms with Gasteiger partial charge in [-0.05, 0) is 18.1 Å².